The lowest BCUT2D eigenvalue weighted by atomic mass is 10.2. The maximum atomic E-state index is 6.06. The van der Waals surface area contributed by atoms with Crippen LogP contribution in [0.1, 0.15) is 5.82 Å². The molecule has 2 aromatic heterocycles. The molecule has 0 aliphatic heterocycles. The number of halogens is 2. The van der Waals surface area contributed by atoms with Crippen molar-refractivity contribution in [3.8, 4) is 0 Å². The van der Waals surface area contributed by atoms with Crippen molar-refractivity contribution in [3.63, 3.8) is 0 Å². The number of aromatic amines is 1. The van der Waals surface area contributed by atoms with Crippen LogP contribution in [0.15, 0.2) is 18.2 Å². The predicted octanol–water partition coefficient (Wildman–Crippen LogP) is 3.73. The van der Waals surface area contributed by atoms with Gasteiger partial charge in [0, 0.05) is 10.4 Å². The van der Waals surface area contributed by atoms with Gasteiger partial charge in [-0.1, -0.05) is 23.2 Å². The maximum Gasteiger partial charge on any atom is 0.157 e. The molecule has 3 rings (SSSR count). The van der Waals surface area contributed by atoms with Crippen molar-refractivity contribution in [2.24, 2.45) is 0 Å². The Kier molecular flexibility index (Phi) is 2.06. The minimum atomic E-state index is 0.411. The predicted molar refractivity (Wildman–Crippen MR) is 66.2 cm³/mol. The third kappa shape index (κ3) is 1.36. The minimum absolute atomic E-state index is 0.411. The summed E-state index contributed by atoms with van der Waals surface area (Å²) in [6.45, 7) is 1.88. The van der Waals surface area contributed by atoms with Crippen molar-refractivity contribution in [1.29, 1.82) is 0 Å². The summed E-state index contributed by atoms with van der Waals surface area (Å²) < 4.78 is 0. The number of rotatable bonds is 0. The van der Waals surface area contributed by atoms with E-state index in [0.717, 1.165) is 22.2 Å². The van der Waals surface area contributed by atoms with Crippen LogP contribution in [0.2, 0.25) is 10.2 Å². The lowest BCUT2D eigenvalue weighted by molar-refractivity contribution is 1.17. The van der Waals surface area contributed by atoms with E-state index >= 15 is 0 Å². The summed E-state index contributed by atoms with van der Waals surface area (Å²) in [5, 5.41) is 2.02. The molecule has 0 aliphatic rings. The van der Waals surface area contributed by atoms with Crippen LogP contribution in [0.5, 0.6) is 0 Å². The van der Waals surface area contributed by atoms with Crippen molar-refractivity contribution in [2.45, 2.75) is 6.92 Å². The second-order valence-electron chi connectivity index (χ2n) is 3.61. The number of H-pyrrole nitrogens is 1. The SMILES string of the molecule is Cc1nc2c(Cl)nc3ccc(Cl)cc3c2[nH]1. The van der Waals surface area contributed by atoms with Crippen LogP contribution in [0, 0.1) is 6.92 Å². The lowest BCUT2D eigenvalue weighted by Gasteiger charge is -2.00. The van der Waals surface area contributed by atoms with Crippen molar-refractivity contribution >= 4 is 45.1 Å². The van der Waals surface area contributed by atoms with E-state index in [9.17, 15) is 0 Å². The Labute approximate surface area is 101 Å². The molecule has 0 amide bonds. The highest BCUT2D eigenvalue weighted by Gasteiger charge is 2.10. The molecule has 0 spiro atoms. The van der Waals surface area contributed by atoms with Gasteiger partial charge in [0.2, 0.25) is 0 Å². The van der Waals surface area contributed by atoms with Crippen LogP contribution in [0.25, 0.3) is 21.9 Å². The van der Waals surface area contributed by atoms with Gasteiger partial charge < -0.3 is 4.98 Å². The Balaban J connectivity index is 2.59. The first-order valence-electron chi connectivity index (χ1n) is 4.76. The first-order valence-corrected chi connectivity index (χ1v) is 5.52. The second kappa shape index (κ2) is 3.34. The summed E-state index contributed by atoms with van der Waals surface area (Å²) in [4.78, 5) is 11.8. The Morgan fingerprint density at radius 2 is 2.00 bits per heavy atom. The highest BCUT2D eigenvalue weighted by molar-refractivity contribution is 6.35. The van der Waals surface area contributed by atoms with E-state index in [-0.39, 0.29) is 0 Å². The zero-order valence-corrected chi connectivity index (χ0v) is 9.89. The molecular formula is C11H7Cl2N3. The van der Waals surface area contributed by atoms with E-state index in [1.165, 1.54) is 0 Å². The van der Waals surface area contributed by atoms with Gasteiger partial charge in [0.05, 0.1) is 11.0 Å². The van der Waals surface area contributed by atoms with E-state index in [0.29, 0.717) is 15.7 Å². The van der Waals surface area contributed by atoms with Gasteiger partial charge in [0.1, 0.15) is 11.3 Å². The zero-order chi connectivity index (χ0) is 11.3. The molecule has 16 heavy (non-hydrogen) atoms. The number of nitrogens with one attached hydrogen (secondary N) is 1. The van der Waals surface area contributed by atoms with E-state index in [2.05, 4.69) is 15.0 Å². The maximum absolute atomic E-state index is 6.06. The summed E-state index contributed by atoms with van der Waals surface area (Å²) in [5.41, 5.74) is 2.38. The number of pyridine rings is 1. The monoisotopic (exact) mass is 251 g/mol. The standard InChI is InChI=1S/C11H7Cl2N3/c1-5-14-9-7-4-6(12)2-3-8(7)16-11(13)10(9)15-5/h2-4H,1H3,(H,14,15). The number of imidazole rings is 1. The number of benzene rings is 1. The average Bonchev–Trinajstić information content (AvgIpc) is 2.62. The van der Waals surface area contributed by atoms with Gasteiger partial charge in [0.25, 0.3) is 0 Å². The van der Waals surface area contributed by atoms with Gasteiger partial charge in [-0.3, -0.25) is 0 Å². The summed E-state index contributed by atoms with van der Waals surface area (Å²) in [7, 11) is 0. The van der Waals surface area contributed by atoms with Crippen LogP contribution >= 0.6 is 23.2 Å². The number of nitrogens with zero attached hydrogens (tertiary/aromatic N) is 2. The second-order valence-corrected chi connectivity index (χ2v) is 4.40. The molecule has 80 valence electrons. The van der Waals surface area contributed by atoms with Crippen molar-refractivity contribution in [2.75, 3.05) is 0 Å². The van der Waals surface area contributed by atoms with Gasteiger partial charge in [0.15, 0.2) is 5.15 Å². The molecule has 3 aromatic rings. The lowest BCUT2D eigenvalue weighted by Crippen LogP contribution is -1.83. The topological polar surface area (TPSA) is 41.6 Å². The van der Waals surface area contributed by atoms with Crippen LogP contribution in [0.4, 0.5) is 0 Å². The minimum Gasteiger partial charge on any atom is -0.342 e. The molecule has 0 saturated carbocycles. The third-order valence-electron chi connectivity index (χ3n) is 2.46. The van der Waals surface area contributed by atoms with Crippen molar-refractivity contribution in [3.05, 3.63) is 34.2 Å². The quantitative estimate of drug-likeness (QED) is 0.619. The summed E-state index contributed by atoms with van der Waals surface area (Å²) in [5.74, 6) is 0.811. The Bertz CT molecular complexity index is 703. The van der Waals surface area contributed by atoms with E-state index in [1.807, 2.05) is 19.1 Å². The molecule has 1 N–H and O–H groups in total. The summed E-state index contributed by atoms with van der Waals surface area (Å²) >= 11 is 12.0. The number of aryl methyl sites for hydroxylation is 1. The molecule has 2 heterocycles. The number of hydrogen-bond donors (Lipinski definition) is 1. The van der Waals surface area contributed by atoms with Crippen molar-refractivity contribution < 1.29 is 0 Å². The number of hydrogen-bond acceptors (Lipinski definition) is 2. The number of fused-ring (bicyclic) bond motifs is 3. The first kappa shape index (κ1) is 9.87. The number of aromatic nitrogens is 3. The Hall–Kier alpha value is -1.32. The molecule has 0 bridgehead atoms. The average molecular weight is 252 g/mol. The largest absolute Gasteiger partial charge is 0.342 e. The fourth-order valence-electron chi connectivity index (χ4n) is 1.80. The molecule has 3 nitrogen and oxygen atoms in total. The Morgan fingerprint density at radius 3 is 2.81 bits per heavy atom. The fraction of sp³-hybridized carbons (Fsp3) is 0.0909. The molecule has 0 unspecified atom stereocenters. The summed E-state index contributed by atoms with van der Waals surface area (Å²) in [6, 6.07) is 5.50. The van der Waals surface area contributed by atoms with Crippen LogP contribution in [-0.2, 0) is 0 Å². The molecule has 1 aromatic carbocycles. The molecule has 0 radical (unpaired) electrons. The normalized spacial score (nSPS) is 11.4. The van der Waals surface area contributed by atoms with Gasteiger partial charge >= 0.3 is 0 Å². The van der Waals surface area contributed by atoms with E-state index in [1.54, 1.807) is 6.07 Å². The molecule has 5 heteroatoms. The zero-order valence-electron chi connectivity index (χ0n) is 8.38. The van der Waals surface area contributed by atoms with Gasteiger partial charge in [-0.2, -0.15) is 0 Å². The molecule has 0 fully saturated rings. The van der Waals surface area contributed by atoms with Gasteiger partial charge in [-0.25, -0.2) is 9.97 Å². The van der Waals surface area contributed by atoms with Crippen LogP contribution in [-0.4, -0.2) is 15.0 Å². The van der Waals surface area contributed by atoms with Crippen LogP contribution in [0.3, 0.4) is 0 Å². The summed E-state index contributed by atoms with van der Waals surface area (Å²) in [6.07, 6.45) is 0. The highest BCUT2D eigenvalue weighted by atomic mass is 35.5. The Morgan fingerprint density at radius 1 is 1.19 bits per heavy atom. The molecule has 0 atom stereocenters. The van der Waals surface area contributed by atoms with Crippen molar-refractivity contribution in [1.82, 2.24) is 15.0 Å². The molecular weight excluding hydrogens is 245 g/mol. The first-order chi connectivity index (χ1) is 7.65. The smallest absolute Gasteiger partial charge is 0.157 e. The van der Waals surface area contributed by atoms with E-state index in [4.69, 9.17) is 23.2 Å². The molecule has 0 aliphatic carbocycles. The van der Waals surface area contributed by atoms with Gasteiger partial charge in [-0.15, -0.1) is 0 Å². The van der Waals surface area contributed by atoms with E-state index < -0.39 is 0 Å². The van der Waals surface area contributed by atoms with Gasteiger partial charge in [-0.05, 0) is 25.1 Å². The highest BCUT2D eigenvalue weighted by Crippen LogP contribution is 2.29. The third-order valence-corrected chi connectivity index (χ3v) is 2.96. The van der Waals surface area contributed by atoms with Crippen LogP contribution < -0.4 is 0 Å². The molecule has 0 saturated heterocycles. The fourth-order valence-corrected chi connectivity index (χ4v) is 2.20.